The SMILES string of the molecule is O=C(O)c1cc2c(NCCc3ncco3)ncnc2[nH]1. The number of hydrogen-bond donors (Lipinski definition) is 3. The van der Waals surface area contributed by atoms with E-state index in [-0.39, 0.29) is 5.69 Å². The summed E-state index contributed by atoms with van der Waals surface area (Å²) in [5.74, 6) is 0.169. The molecule has 0 saturated carbocycles. The summed E-state index contributed by atoms with van der Waals surface area (Å²) in [7, 11) is 0. The van der Waals surface area contributed by atoms with Crippen LogP contribution in [0.5, 0.6) is 0 Å². The molecule has 0 fully saturated rings. The quantitative estimate of drug-likeness (QED) is 0.641. The van der Waals surface area contributed by atoms with Gasteiger partial charge in [-0.05, 0) is 6.07 Å². The lowest BCUT2D eigenvalue weighted by Crippen LogP contribution is -2.06. The highest BCUT2D eigenvalue weighted by molar-refractivity contribution is 5.96. The largest absolute Gasteiger partial charge is 0.477 e. The van der Waals surface area contributed by atoms with Gasteiger partial charge >= 0.3 is 5.97 Å². The first-order valence-corrected chi connectivity index (χ1v) is 5.93. The molecule has 0 aliphatic carbocycles. The topological polar surface area (TPSA) is 117 Å². The van der Waals surface area contributed by atoms with Crippen LogP contribution < -0.4 is 5.32 Å². The van der Waals surface area contributed by atoms with E-state index in [1.165, 1.54) is 18.7 Å². The van der Waals surface area contributed by atoms with Crippen LogP contribution in [-0.4, -0.2) is 37.6 Å². The Morgan fingerprint density at radius 1 is 1.40 bits per heavy atom. The smallest absolute Gasteiger partial charge is 0.352 e. The zero-order chi connectivity index (χ0) is 13.9. The molecule has 3 heterocycles. The normalized spacial score (nSPS) is 10.8. The summed E-state index contributed by atoms with van der Waals surface area (Å²) in [5, 5.41) is 12.7. The third-order valence-electron chi connectivity index (χ3n) is 2.77. The van der Waals surface area contributed by atoms with E-state index in [1.54, 1.807) is 6.20 Å². The van der Waals surface area contributed by atoms with Crippen LogP contribution in [0, 0.1) is 0 Å². The fourth-order valence-corrected chi connectivity index (χ4v) is 1.86. The molecular formula is C12H11N5O3. The van der Waals surface area contributed by atoms with Crippen LogP contribution >= 0.6 is 0 Å². The molecule has 8 nitrogen and oxygen atoms in total. The highest BCUT2D eigenvalue weighted by Crippen LogP contribution is 2.20. The van der Waals surface area contributed by atoms with Gasteiger partial charge in [0.1, 0.15) is 29.7 Å². The number of hydrogen-bond acceptors (Lipinski definition) is 6. The minimum Gasteiger partial charge on any atom is -0.477 e. The van der Waals surface area contributed by atoms with Crippen molar-refractivity contribution in [2.24, 2.45) is 0 Å². The van der Waals surface area contributed by atoms with Gasteiger partial charge in [0.25, 0.3) is 0 Å². The van der Waals surface area contributed by atoms with E-state index in [2.05, 4.69) is 25.3 Å². The summed E-state index contributed by atoms with van der Waals surface area (Å²) in [5.41, 5.74) is 0.562. The number of carboxylic acid groups (broad SMARTS) is 1. The van der Waals surface area contributed by atoms with Crippen LogP contribution in [0.2, 0.25) is 0 Å². The maximum Gasteiger partial charge on any atom is 0.352 e. The van der Waals surface area contributed by atoms with Gasteiger partial charge in [-0.2, -0.15) is 0 Å². The minimum absolute atomic E-state index is 0.0799. The van der Waals surface area contributed by atoms with Crippen molar-refractivity contribution in [2.45, 2.75) is 6.42 Å². The lowest BCUT2D eigenvalue weighted by atomic mass is 10.3. The monoisotopic (exact) mass is 273 g/mol. The number of aromatic nitrogens is 4. The Hall–Kier alpha value is -2.90. The Morgan fingerprint density at radius 2 is 2.30 bits per heavy atom. The van der Waals surface area contributed by atoms with Gasteiger partial charge in [0.2, 0.25) is 0 Å². The van der Waals surface area contributed by atoms with Gasteiger partial charge in [-0.3, -0.25) is 0 Å². The van der Waals surface area contributed by atoms with Crippen LogP contribution in [0.3, 0.4) is 0 Å². The first-order chi connectivity index (χ1) is 9.74. The number of aromatic amines is 1. The Morgan fingerprint density at radius 3 is 3.05 bits per heavy atom. The third kappa shape index (κ3) is 2.30. The molecule has 0 radical (unpaired) electrons. The van der Waals surface area contributed by atoms with Gasteiger partial charge in [0, 0.05) is 13.0 Å². The Labute approximate surface area is 112 Å². The number of nitrogens with zero attached hydrogens (tertiary/aromatic N) is 3. The number of nitrogens with one attached hydrogen (secondary N) is 2. The van der Waals surface area contributed by atoms with Crippen LogP contribution in [0.25, 0.3) is 11.0 Å². The summed E-state index contributed by atoms with van der Waals surface area (Å²) in [6.07, 6.45) is 5.08. The second-order valence-corrected chi connectivity index (χ2v) is 4.08. The van der Waals surface area contributed by atoms with E-state index in [9.17, 15) is 4.79 Å². The molecule has 0 amide bonds. The Bertz CT molecular complexity index is 735. The Balaban J connectivity index is 1.78. The van der Waals surface area contributed by atoms with Crippen LogP contribution in [-0.2, 0) is 6.42 Å². The predicted molar refractivity (Wildman–Crippen MR) is 69.5 cm³/mol. The number of H-pyrrole nitrogens is 1. The maximum atomic E-state index is 10.9. The standard InChI is InChI=1S/C12H11N5O3/c18-12(19)8-5-7-10(15-6-16-11(7)17-8)14-2-1-9-13-3-4-20-9/h3-6H,1-2H2,(H,18,19)(H2,14,15,16,17). The molecule has 0 saturated heterocycles. The third-order valence-corrected chi connectivity index (χ3v) is 2.77. The molecule has 0 unspecified atom stereocenters. The van der Waals surface area contributed by atoms with Gasteiger partial charge in [-0.1, -0.05) is 0 Å². The number of carboxylic acids is 1. The van der Waals surface area contributed by atoms with E-state index < -0.39 is 5.97 Å². The molecule has 8 heteroatoms. The summed E-state index contributed by atoms with van der Waals surface area (Å²) >= 11 is 0. The van der Waals surface area contributed by atoms with Gasteiger partial charge in [0.15, 0.2) is 5.89 Å². The molecule has 3 aromatic heterocycles. The second-order valence-electron chi connectivity index (χ2n) is 4.08. The van der Waals surface area contributed by atoms with E-state index in [1.807, 2.05) is 0 Å². The van der Waals surface area contributed by atoms with Crippen molar-refractivity contribution in [2.75, 3.05) is 11.9 Å². The number of aromatic carboxylic acids is 1. The van der Waals surface area contributed by atoms with Crippen molar-refractivity contribution < 1.29 is 14.3 Å². The first-order valence-electron chi connectivity index (χ1n) is 5.93. The van der Waals surface area contributed by atoms with Gasteiger partial charge in [-0.25, -0.2) is 19.7 Å². The van der Waals surface area contributed by atoms with Crippen molar-refractivity contribution in [3.63, 3.8) is 0 Å². The van der Waals surface area contributed by atoms with Crippen molar-refractivity contribution in [1.82, 2.24) is 19.9 Å². The molecule has 0 aliphatic heterocycles. The molecule has 3 N–H and O–H groups in total. The fourth-order valence-electron chi connectivity index (χ4n) is 1.86. The van der Waals surface area contributed by atoms with Crippen molar-refractivity contribution in [3.05, 3.63) is 36.4 Å². The van der Waals surface area contributed by atoms with Crippen LogP contribution in [0.15, 0.2) is 29.3 Å². The lowest BCUT2D eigenvalue weighted by molar-refractivity contribution is 0.0691. The predicted octanol–water partition coefficient (Wildman–Crippen LogP) is 1.30. The van der Waals surface area contributed by atoms with Crippen LogP contribution in [0.4, 0.5) is 5.82 Å². The molecular weight excluding hydrogens is 262 g/mol. The molecule has 0 aromatic carbocycles. The molecule has 20 heavy (non-hydrogen) atoms. The minimum atomic E-state index is -1.03. The molecule has 0 aliphatic rings. The molecule has 102 valence electrons. The summed E-state index contributed by atoms with van der Waals surface area (Å²) in [6, 6.07) is 1.51. The van der Waals surface area contributed by atoms with Crippen LogP contribution in [0.1, 0.15) is 16.4 Å². The summed E-state index contributed by atoms with van der Waals surface area (Å²) in [6.45, 7) is 0.570. The highest BCUT2D eigenvalue weighted by atomic mass is 16.4. The van der Waals surface area contributed by atoms with Gasteiger partial charge in [-0.15, -0.1) is 0 Å². The fraction of sp³-hybridized carbons (Fsp3) is 0.167. The average molecular weight is 273 g/mol. The molecule has 0 spiro atoms. The number of rotatable bonds is 5. The first kappa shape index (κ1) is 12.2. The summed E-state index contributed by atoms with van der Waals surface area (Å²) < 4.78 is 5.13. The van der Waals surface area contributed by atoms with E-state index in [0.29, 0.717) is 35.7 Å². The Kier molecular flexibility index (Phi) is 3.04. The molecule has 0 atom stereocenters. The zero-order valence-corrected chi connectivity index (χ0v) is 10.3. The molecule has 3 rings (SSSR count). The summed E-state index contributed by atoms with van der Waals surface area (Å²) in [4.78, 5) is 25.8. The zero-order valence-electron chi connectivity index (χ0n) is 10.3. The average Bonchev–Trinajstić information content (AvgIpc) is 3.07. The highest BCUT2D eigenvalue weighted by Gasteiger charge is 2.11. The number of carbonyl (C=O) groups is 1. The van der Waals surface area contributed by atoms with Gasteiger partial charge in [0.05, 0.1) is 11.6 Å². The van der Waals surface area contributed by atoms with Crippen molar-refractivity contribution >= 4 is 22.8 Å². The second kappa shape index (κ2) is 5.00. The number of fused-ring (bicyclic) bond motifs is 1. The van der Waals surface area contributed by atoms with Crippen molar-refractivity contribution in [1.29, 1.82) is 0 Å². The number of oxazole rings is 1. The van der Waals surface area contributed by atoms with E-state index in [0.717, 1.165) is 0 Å². The molecule has 0 bridgehead atoms. The van der Waals surface area contributed by atoms with E-state index in [4.69, 9.17) is 9.52 Å². The van der Waals surface area contributed by atoms with Crippen molar-refractivity contribution in [3.8, 4) is 0 Å². The lowest BCUT2D eigenvalue weighted by Gasteiger charge is -2.04. The van der Waals surface area contributed by atoms with Gasteiger partial charge < -0.3 is 19.8 Å². The number of anilines is 1. The van der Waals surface area contributed by atoms with E-state index >= 15 is 0 Å². The maximum absolute atomic E-state index is 10.9. The molecule has 3 aromatic rings.